The van der Waals surface area contributed by atoms with Crippen molar-refractivity contribution in [3.63, 3.8) is 0 Å². The van der Waals surface area contributed by atoms with Crippen molar-refractivity contribution in [1.29, 1.82) is 0 Å². The number of benzene rings is 1. The molecule has 3 rings (SSSR count). The van der Waals surface area contributed by atoms with Crippen LogP contribution >= 0.6 is 0 Å². The lowest BCUT2D eigenvalue weighted by Crippen LogP contribution is -2.46. The Balaban J connectivity index is 1.73. The molecule has 1 atom stereocenters. The highest BCUT2D eigenvalue weighted by atomic mass is 19.4. The molecule has 0 aromatic heterocycles. The van der Waals surface area contributed by atoms with Gasteiger partial charge >= 0.3 is 12.2 Å². The first-order valence-electron chi connectivity index (χ1n) is 7.72. The molecule has 0 saturated carbocycles. The molecule has 2 saturated heterocycles. The zero-order valence-electron chi connectivity index (χ0n) is 13.2. The number of rotatable bonds is 1. The summed E-state index contributed by atoms with van der Waals surface area (Å²) in [5, 5.41) is 2.35. The van der Waals surface area contributed by atoms with Gasteiger partial charge in [0.2, 0.25) is 5.91 Å². The number of likely N-dealkylation sites (N-methyl/N-ethyl adjacent to an activating group) is 1. The third-order valence-corrected chi connectivity index (χ3v) is 4.98. The van der Waals surface area contributed by atoms with E-state index >= 15 is 0 Å². The van der Waals surface area contributed by atoms with E-state index in [4.69, 9.17) is 0 Å². The van der Waals surface area contributed by atoms with E-state index in [-0.39, 0.29) is 17.1 Å². The molecule has 2 fully saturated rings. The first-order chi connectivity index (χ1) is 11.2. The van der Waals surface area contributed by atoms with Crippen LogP contribution in [0.4, 0.5) is 23.7 Å². The van der Waals surface area contributed by atoms with Crippen molar-refractivity contribution in [2.45, 2.75) is 31.0 Å². The lowest BCUT2D eigenvalue weighted by atomic mass is 9.96. The number of amides is 3. The molecule has 0 unspecified atom stereocenters. The number of likely N-dealkylation sites (tertiary alicyclic amines) is 2. The van der Waals surface area contributed by atoms with Crippen LogP contribution in [0, 0.1) is 0 Å². The predicted molar refractivity (Wildman–Crippen MR) is 81.4 cm³/mol. The number of alkyl halides is 3. The van der Waals surface area contributed by atoms with Crippen molar-refractivity contribution in [3.05, 3.63) is 29.8 Å². The normalized spacial score (nSPS) is 24.1. The highest BCUT2D eigenvalue weighted by Crippen LogP contribution is 2.38. The molecule has 2 aliphatic heterocycles. The first-order valence-corrected chi connectivity index (χ1v) is 7.72. The van der Waals surface area contributed by atoms with Gasteiger partial charge in [-0.3, -0.25) is 4.79 Å². The number of nitrogens with zero attached hydrogens (tertiary/aromatic N) is 2. The number of hydrogen-bond acceptors (Lipinski definition) is 2. The molecule has 0 bridgehead atoms. The number of para-hydroxylation sites is 1. The second-order valence-corrected chi connectivity index (χ2v) is 6.32. The Morgan fingerprint density at radius 1 is 1.25 bits per heavy atom. The van der Waals surface area contributed by atoms with Crippen molar-refractivity contribution in [1.82, 2.24) is 9.80 Å². The fourth-order valence-electron chi connectivity index (χ4n) is 3.48. The number of halogens is 3. The number of carbonyl (C=O) groups is 2. The van der Waals surface area contributed by atoms with Gasteiger partial charge in [0.15, 0.2) is 0 Å². The third kappa shape index (κ3) is 2.81. The van der Waals surface area contributed by atoms with Gasteiger partial charge in [-0.2, -0.15) is 13.2 Å². The Bertz CT molecular complexity index is 677. The summed E-state index contributed by atoms with van der Waals surface area (Å²) in [7, 11) is 1.72. The molecule has 1 aromatic rings. The minimum Gasteiger partial charge on any atom is -0.338 e. The smallest absolute Gasteiger partial charge is 0.338 e. The summed E-state index contributed by atoms with van der Waals surface area (Å²) in [6, 6.07) is 4.32. The molecule has 2 aliphatic rings. The van der Waals surface area contributed by atoms with E-state index < -0.39 is 17.8 Å². The van der Waals surface area contributed by atoms with Gasteiger partial charge < -0.3 is 15.1 Å². The van der Waals surface area contributed by atoms with Crippen molar-refractivity contribution < 1.29 is 22.8 Å². The second kappa shape index (κ2) is 5.68. The molecular formula is C16H18F3N3O2. The fourth-order valence-corrected chi connectivity index (χ4v) is 3.48. The van der Waals surface area contributed by atoms with E-state index in [2.05, 4.69) is 5.32 Å². The Labute approximate surface area is 137 Å². The molecule has 1 aromatic carbocycles. The summed E-state index contributed by atoms with van der Waals surface area (Å²) in [6.45, 7) is 0.757. The Kier molecular flexibility index (Phi) is 3.93. The lowest BCUT2D eigenvalue weighted by Gasteiger charge is -2.32. The monoisotopic (exact) mass is 341 g/mol. The zero-order chi connectivity index (χ0) is 17.5. The van der Waals surface area contributed by atoms with Crippen LogP contribution in [0.3, 0.4) is 0 Å². The van der Waals surface area contributed by atoms with Crippen molar-refractivity contribution in [2.24, 2.45) is 0 Å². The maximum atomic E-state index is 13.0. The maximum absolute atomic E-state index is 13.0. The summed E-state index contributed by atoms with van der Waals surface area (Å²) in [4.78, 5) is 27.3. The second-order valence-electron chi connectivity index (χ2n) is 6.32. The molecule has 0 aliphatic carbocycles. The first kappa shape index (κ1) is 16.6. The van der Waals surface area contributed by atoms with Gasteiger partial charge in [0.05, 0.1) is 16.8 Å². The van der Waals surface area contributed by atoms with E-state index in [1.54, 1.807) is 11.9 Å². The van der Waals surface area contributed by atoms with E-state index in [1.807, 2.05) is 0 Å². The van der Waals surface area contributed by atoms with Gasteiger partial charge in [-0.05, 0) is 25.0 Å². The Morgan fingerprint density at radius 3 is 2.58 bits per heavy atom. The standard InChI is InChI=1S/C16H18F3N3O2/c1-21-13(23)6-7-15(21)8-9-22(10-15)14(24)20-12-5-3-2-4-11(12)16(17,18)19/h2-5H,6-10H2,1H3,(H,20,24)/t15-/m0/s1. The fraction of sp³-hybridized carbons (Fsp3) is 0.500. The van der Waals surface area contributed by atoms with E-state index in [0.29, 0.717) is 32.4 Å². The molecule has 2 heterocycles. The summed E-state index contributed by atoms with van der Waals surface area (Å²) >= 11 is 0. The van der Waals surface area contributed by atoms with Crippen LogP contribution in [-0.4, -0.2) is 47.4 Å². The highest BCUT2D eigenvalue weighted by molar-refractivity contribution is 5.91. The molecule has 3 amide bonds. The average Bonchev–Trinajstić information content (AvgIpc) is 3.07. The van der Waals surface area contributed by atoms with E-state index in [9.17, 15) is 22.8 Å². The largest absolute Gasteiger partial charge is 0.418 e. The highest BCUT2D eigenvalue weighted by Gasteiger charge is 2.48. The van der Waals surface area contributed by atoms with Crippen LogP contribution in [0.5, 0.6) is 0 Å². The summed E-state index contributed by atoms with van der Waals surface area (Å²) in [6.07, 6.45) is -2.77. The molecular weight excluding hydrogens is 323 g/mol. The van der Waals surface area contributed by atoms with Crippen LogP contribution in [-0.2, 0) is 11.0 Å². The average molecular weight is 341 g/mol. The SMILES string of the molecule is CN1C(=O)CC[C@@]12CCN(C(=O)Nc1ccccc1C(F)(F)F)C2. The number of nitrogens with one attached hydrogen (secondary N) is 1. The minimum atomic E-state index is -4.53. The molecule has 130 valence electrons. The molecule has 8 heteroatoms. The van der Waals surface area contributed by atoms with Crippen LogP contribution in [0.15, 0.2) is 24.3 Å². The van der Waals surface area contributed by atoms with Gasteiger partial charge in [-0.25, -0.2) is 4.79 Å². The van der Waals surface area contributed by atoms with Crippen LogP contribution in [0.2, 0.25) is 0 Å². The molecule has 5 nitrogen and oxygen atoms in total. The van der Waals surface area contributed by atoms with Gasteiger partial charge in [0.25, 0.3) is 0 Å². The zero-order valence-corrected chi connectivity index (χ0v) is 13.2. The third-order valence-electron chi connectivity index (χ3n) is 4.98. The van der Waals surface area contributed by atoms with E-state index in [1.165, 1.54) is 23.1 Å². The Hall–Kier alpha value is -2.25. The number of hydrogen-bond donors (Lipinski definition) is 1. The number of carbonyl (C=O) groups excluding carboxylic acids is 2. The van der Waals surface area contributed by atoms with Crippen LogP contribution in [0.1, 0.15) is 24.8 Å². The van der Waals surface area contributed by atoms with Crippen LogP contribution < -0.4 is 5.32 Å². The van der Waals surface area contributed by atoms with Crippen LogP contribution in [0.25, 0.3) is 0 Å². The van der Waals surface area contributed by atoms with Crippen molar-refractivity contribution in [2.75, 3.05) is 25.5 Å². The number of anilines is 1. The summed E-state index contributed by atoms with van der Waals surface area (Å²) < 4.78 is 39.0. The quantitative estimate of drug-likeness (QED) is 0.854. The van der Waals surface area contributed by atoms with Crippen molar-refractivity contribution >= 4 is 17.6 Å². The Morgan fingerprint density at radius 2 is 1.96 bits per heavy atom. The molecule has 0 radical (unpaired) electrons. The van der Waals surface area contributed by atoms with Gasteiger partial charge in [0.1, 0.15) is 0 Å². The van der Waals surface area contributed by atoms with Crippen molar-refractivity contribution in [3.8, 4) is 0 Å². The molecule has 24 heavy (non-hydrogen) atoms. The summed E-state index contributed by atoms with van der Waals surface area (Å²) in [5.41, 5.74) is -1.51. The van der Waals surface area contributed by atoms with Gasteiger partial charge in [-0.15, -0.1) is 0 Å². The summed E-state index contributed by atoms with van der Waals surface area (Å²) in [5.74, 6) is 0.0414. The minimum absolute atomic E-state index is 0.0414. The van der Waals surface area contributed by atoms with Gasteiger partial charge in [-0.1, -0.05) is 12.1 Å². The predicted octanol–water partition coefficient (Wildman–Crippen LogP) is 2.93. The van der Waals surface area contributed by atoms with Gasteiger partial charge in [0, 0.05) is 26.6 Å². The lowest BCUT2D eigenvalue weighted by molar-refractivity contribution is -0.137. The number of urea groups is 1. The molecule has 1 N–H and O–H groups in total. The van der Waals surface area contributed by atoms with E-state index in [0.717, 1.165) is 6.07 Å². The topological polar surface area (TPSA) is 52.7 Å². The maximum Gasteiger partial charge on any atom is 0.418 e. The molecule has 1 spiro atoms.